The minimum Gasteiger partial charge on any atom is -0.294 e. The molecule has 9 heteroatoms. The molecular formula is C23H18Cl3F5O. The van der Waals surface area contributed by atoms with Gasteiger partial charge in [-0.1, -0.05) is 65.2 Å². The highest BCUT2D eigenvalue weighted by molar-refractivity contribution is 6.48. The smallest absolute Gasteiger partial charge is 0.294 e. The minimum absolute atomic E-state index is 0.0299. The van der Waals surface area contributed by atoms with Crippen molar-refractivity contribution in [3.05, 3.63) is 73.7 Å². The number of Topliss-reactive ketones (excluding diaryl/α,β-unsaturated/α-hetero) is 1. The summed E-state index contributed by atoms with van der Waals surface area (Å²) in [6.07, 6.45) is -4.55. The molecule has 1 saturated carbocycles. The van der Waals surface area contributed by atoms with Gasteiger partial charge in [-0.2, -0.15) is 13.2 Å². The van der Waals surface area contributed by atoms with Crippen molar-refractivity contribution < 1.29 is 26.7 Å². The Hall–Kier alpha value is -1.63. The summed E-state index contributed by atoms with van der Waals surface area (Å²) in [6.45, 7) is 1.62. The van der Waals surface area contributed by atoms with Gasteiger partial charge in [0, 0.05) is 17.4 Å². The third-order valence-corrected chi connectivity index (χ3v) is 6.81. The zero-order valence-electron chi connectivity index (χ0n) is 16.7. The Bertz CT molecular complexity index is 1040. The number of hydrogen-bond acceptors (Lipinski definition) is 1. The van der Waals surface area contributed by atoms with Gasteiger partial charge in [0.15, 0.2) is 5.78 Å². The van der Waals surface area contributed by atoms with E-state index in [2.05, 4.69) is 0 Å². The Labute approximate surface area is 197 Å². The summed E-state index contributed by atoms with van der Waals surface area (Å²) in [4.78, 5) is 12.5. The lowest BCUT2D eigenvalue weighted by atomic mass is 9.92. The SMILES string of the molecule is Cc1cc(/C=C/C(c2cc(Cl)c(Cl)c(Cl)c2)C(F)(F)F)ccc1C(=O)CC1(C(F)F)CC1. The predicted octanol–water partition coefficient (Wildman–Crippen LogP) is 8.93. The zero-order valence-corrected chi connectivity index (χ0v) is 19.0. The molecule has 0 bridgehead atoms. The quantitative estimate of drug-likeness (QED) is 0.206. The van der Waals surface area contributed by atoms with Gasteiger partial charge < -0.3 is 0 Å². The molecule has 1 fully saturated rings. The van der Waals surface area contributed by atoms with Gasteiger partial charge in [0.2, 0.25) is 6.43 Å². The molecule has 0 heterocycles. The average molecular weight is 512 g/mol. The molecule has 2 aromatic carbocycles. The van der Waals surface area contributed by atoms with Crippen LogP contribution in [0.1, 0.15) is 52.2 Å². The number of aryl methyl sites for hydroxylation is 1. The van der Waals surface area contributed by atoms with Gasteiger partial charge in [0.05, 0.1) is 21.0 Å². The van der Waals surface area contributed by atoms with Crippen LogP contribution in [-0.4, -0.2) is 18.4 Å². The summed E-state index contributed by atoms with van der Waals surface area (Å²) in [5.41, 5.74) is -0.183. The molecule has 1 aliphatic carbocycles. The highest BCUT2D eigenvalue weighted by atomic mass is 35.5. The van der Waals surface area contributed by atoms with Crippen LogP contribution >= 0.6 is 34.8 Å². The molecule has 0 amide bonds. The van der Waals surface area contributed by atoms with Crippen molar-refractivity contribution in [1.29, 1.82) is 0 Å². The standard InChI is InChI=1S/C23H18Cl3F5O/c1-12-8-13(2-4-15(12)19(32)11-22(6-7-22)21(27)28)3-5-16(23(29,30)31)14-9-17(24)20(26)18(25)10-14/h2-5,8-10,16,21H,6-7,11H2,1H3/b5-3+. The van der Waals surface area contributed by atoms with E-state index in [0.717, 1.165) is 18.2 Å². The van der Waals surface area contributed by atoms with Crippen molar-refractivity contribution in [2.24, 2.45) is 5.41 Å². The van der Waals surface area contributed by atoms with E-state index in [1.807, 2.05) is 0 Å². The summed E-state index contributed by atoms with van der Waals surface area (Å²) in [7, 11) is 0. The van der Waals surface area contributed by atoms with Crippen molar-refractivity contribution >= 4 is 46.7 Å². The van der Waals surface area contributed by atoms with E-state index < -0.39 is 29.7 Å². The number of benzene rings is 2. The first-order valence-electron chi connectivity index (χ1n) is 9.65. The van der Waals surface area contributed by atoms with E-state index in [9.17, 15) is 26.7 Å². The summed E-state index contributed by atoms with van der Waals surface area (Å²) >= 11 is 17.6. The number of carbonyl (C=O) groups excluding carboxylic acids is 1. The van der Waals surface area contributed by atoms with Crippen LogP contribution in [-0.2, 0) is 0 Å². The van der Waals surface area contributed by atoms with Crippen molar-refractivity contribution in [1.82, 2.24) is 0 Å². The molecule has 0 aliphatic heterocycles. The van der Waals surface area contributed by atoms with Crippen LogP contribution in [0.3, 0.4) is 0 Å². The molecule has 1 nitrogen and oxygen atoms in total. The van der Waals surface area contributed by atoms with E-state index in [1.165, 1.54) is 18.2 Å². The Morgan fingerprint density at radius 3 is 2.16 bits per heavy atom. The first kappa shape index (κ1) is 25.0. The zero-order chi connectivity index (χ0) is 23.8. The Balaban J connectivity index is 1.84. The highest BCUT2D eigenvalue weighted by Crippen LogP contribution is 2.54. The Morgan fingerprint density at radius 1 is 1.09 bits per heavy atom. The van der Waals surface area contributed by atoms with Gasteiger partial charge in [-0.3, -0.25) is 4.79 Å². The van der Waals surface area contributed by atoms with Gasteiger partial charge in [-0.25, -0.2) is 8.78 Å². The number of carbonyl (C=O) groups is 1. The average Bonchev–Trinajstić information content (AvgIpc) is 3.46. The molecule has 0 aromatic heterocycles. The van der Waals surface area contributed by atoms with Crippen molar-refractivity contribution in [3.63, 3.8) is 0 Å². The van der Waals surface area contributed by atoms with Crippen molar-refractivity contribution in [3.8, 4) is 0 Å². The fraction of sp³-hybridized carbons (Fsp3) is 0.348. The predicted molar refractivity (Wildman–Crippen MR) is 117 cm³/mol. The maximum Gasteiger partial charge on any atom is 0.399 e. The summed E-state index contributed by atoms with van der Waals surface area (Å²) in [5.74, 6) is -2.38. The molecule has 3 rings (SSSR count). The van der Waals surface area contributed by atoms with Gasteiger partial charge in [0.25, 0.3) is 0 Å². The summed E-state index contributed by atoms with van der Waals surface area (Å²) < 4.78 is 67.3. The van der Waals surface area contributed by atoms with E-state index in [0.29, 0.717) is 24.0 Å². The lowest BCUT2D eigenvalue weighted by molar-refractivity contribution is -0.139. The normalized spacial score (nSPS) is 16.6. The van der Waals surface area contributed by atoms with Gasteiger partial charge in [-0.15, -0.1) is 0 Å². The van der Waals surface area contributed by atoms with Gasteiger partial charge >= 0.3 is 6.18 Å². The maximum atomic E-state index is 13.7. The van der Waals surface area contributed by atoms with Crippen LogP contribution < -0.4 is 0 Å². The number of hydrogen-bond donors (Lipinski definition) is 0. The Morgan fingerprint density at radius 2 is 1.69 bits per heavy atom. The second-order valence-electron chi connectivity index (χ2n) is 8.01. The molecule has 172 valence electrons. The lowest BCUT2D eigenvalue weighted by Gasteiger charge is -2.18. The first-order chi connectivity index (χ1) is 14.8. The highest BCUT2D eigenvalue weighted by Gasteiger charge is 2.52. The van der Waals surface area contributed by atoms with Gasteiger partial charge in [0.1, 0.15) is 0 Å². The van der Waals surface area contributed by atoms with Gasteiger partial charge in [-0.05, 0) is 48.6 Å². The first-order valence-corrected chi connectivity index (χ1v) is 10.8. The molecule has 0 saturated heterocycles. The van der Waals surface area contributed by atoms with Crippen LogP contribution in [0.2, 0.25) is 15.1 Å². The molecule has 1 unspecified atom stereocenters. The molecule has 0 radical (unpaired) electrons. The molecule has 1 atom stereocenters. The summed E-state index contributed by atoms with van der Waals surface area (Å²) in [6, 6.07) is 6.70. The largest absolute Gasteiger partial charge is 0.399 e. The van der Waals surface area contributed by atoms with Crippen LogP contribution in [0.15, 0.2) is 36.4 Å². The monoisotopic (exact) mass is 510 g/mol. The third-order valence-electron chi connectivity index (χ3n) is 5.62. The van der Waals surface area contributed by atoms with Crippen LogP contribution in [0.5, 0.6) is 0 Å². The van der Waals surface area contributed by atoms with Crippen molar-refractivity contribution in [2.45, 2.75) is 44.7 Å². The molecule has 0 N–H and O–H groups in total. The topological polar surface area (TPSA) is 17.1 Å². The molecule has 1 aliphatic rings. The second-order valence-corrected chi connectivity index (χ2v) is 9.21. The number of alkyl halides is 5. The number of halogens is 8. The van der Waals surface area contributed by atoms with Crippen LogP contribution in [0.25, 0.3) is 6.08 Å². The van der Waals surface area contributed by atoms with E-state index in [-0.39, 0.29) is 32.6 Å². The van der Waals surface area contributed by atoms with Crippen LogP contribution in [0.4, 0.5) is 22.0 Å². The second kappa shape index (κ2) is 9.32. The fourth-order valence-corrected chi connectivity index (χ4v) is 4.14. The number of ketones is 1. The molecule has 32 heavy (non-hydrogen) atoms. The molecular weight excluding hydrogens is 494 g/mol. The van der Waals surface area contributed by atoms with E-state index in [4.69, 9.17) is 34.8 Å². The molecule has 2 aromatic rings. The van der Waals surface area contributed by atoms with Crippen LogP contribution in [0, 0.1) is 12.3 Å². The van der Waals surface area contributed by atoms with E-state index >= 15 is 0 Å². The molecule has 0 spiro atoms. The number of allylic oxidation sites excluding steroid dienone is 1. The fourth-order valence-electron chi connectivity index (χ4n) is 3.52. The third kappa shape index (κ3) is 5.46. The lowest BCUT2D eigenvalue weighted by Crippen LogP contribution is -2.19. The van der Waals surface area contributed by atoms with E-state index in [1.54, 1.807) is 13.0 Å². The maximum absolute atomic E-state index is 13.7. The Kier molecular flexibility index (Phi) is 7.28. The van der Waals surface area contributed by atoms with Crippen molar-refractivity contribution in [2.75, 3.05) is 0 Å². The minimum atomic E-state index is -4.62. The number of rotatable bonds is 7. The summed E-state index contributed by atoms with van der Waals surface area (Å²) in [5, 5.41) is -0.210.